The predicted octanol–water partition coefficient (Wildman–Crippen LogP) is 2.55. The van der Waals surface area contributed by atoms with E-state index in [0.717, 1.165) is 37.7 Å². The summed E-state index contributed by atoms with van der Waals surface area (Å²) in [6.45, 7) is 3.28. The van der Waals surface area contributed by atoms with Gasteiger partial charge < -0.3 is 25.0 Å². The van der Waals surface area contributed by atoms with Gasteiger partial charge in [-0.1, -0.05) is 11.3 Å². The van der Waals surface area contributed by atoms with Gasteiger partial charge in [-0.05, 0) is 24.3 Å². The third-order valence-corrected chi connectivity index (χ3v) is 5.66. The molecule has 0 bridgehead atoms. The molecule has 2 N–H and O–H groups in total. The number of morpholine rings is 1. The third-order valence-electron chi connectivity index (χ3n) is 4.94. The number of fused-ring (bicyclic) bond motifs is 1. The zero-order valence-electron chi connectivity index (χ0n) is 17.2. The Labute approximate surface area is 187 Å². The number of amides is 1. The molecule has 4 aromatic rings. The second-order valence-electron chi connectivity index (χ2n) is 6.90. The lowest BCUT2D eigenvalue weighted by Gasteiger charge is -2.28. The highest BCUT2D eigenvalue weighted by Gasteiger charge is 2.16. The predicted molar refractivity (Wildman–Crippen MR) is 120 cm³/mol. The topological polar surface area (TPSA) is 119 Å². The summed E-state index contributed by atoms with van der Waals surface area (Å²) in [6.07, 6.45) is 2.54. The molecule has 11 nitrogen and oxygen atoms in total. The van der Waals surface area contributed by atoms with Crippen LogP contribution in [-0.2, 0) is 4.74 Å². The lowest BCUT2D eigenvalue weighted by molar-refractivity contribution is 0.122. The van der Waals surface area contributed by atoms with Crippen molar-refractivity contribution < 1.29 is 14.3 Å². The number of rotatable bonds is 5. The lowest BCUT2D eigenvalue weighted by Crippen LogP contribution is -2.36. The van der Waals surface area contributed by atoms with Crippen LogP contribution in [0.25, 0.3) is 17.0 Å². The number of aromatic nitrogens is 5. The summed E-state index contributed by atoms with van der Waals surface area (Å²) in [6, 6.07) is 8.17. The summed E-state index contributed by atoms with van der Waals surface area (Å²) in [4.78, 5) is 26.9. The molecule has 1 saturated heterocycles. The minimum atomic E-state index is -0.575. The van der Waals surface area contributed by atoms with Crippen LogP contribution in [0.4, 0.5) is 22.0 Å². The number of carbonyl (C=O) groups is 1. The van der Waals surface area contributed by atoms with Crippen LogP contribution in [0.1, 0.15) is 0 Å². The smallest absolute Gasteiger partial charge is 0.381 e. The molecule has 0 aliphatic carbocycles. The maximum Gasteiger partial charge on any atom is 0.414 e. The van der Waals surface area contributed by atoms with E-state index in [2.05, 4.69) is 47.7 Å². The van der Waals surface area contributed by atoms with Crippen LogP contribution in [0.3, 0.4) is 0 Å². The molecule has 1 aromatic carbocycles. The molecular formula is C20H20N8O3S. The number of hydrogen-bond acceptors (Lipinski definition) is 10. The highest BCUT2D eigenvalue weighted by atomic mass is 32.1. The van der Waals surface area contributed by atoms with Gasteiger partial charge in [0.05, 0.1) is 19.4 Å². The van der Waals surface area contributed by atoms with E-state index in [1.54, 1.807) is 16.1 Å². The zero-order valence-corrected chi connectivity index (χ0v) is 18.0. The molecule has 0 saturated carbocycles. The van der Waals surface area contributed by atoms with Crippen molar-refractivity contribution >= 4 is 40.3 Å². The molecule has 164 valence electrons. The summed E-state index contributed by atoms with van der Waals surface area (Å²) < 4.78 is 12.1. The van der Waals surface area contributed by atoms with E-state index < -0.39 is 6.09 Å². The van der Waals surface area contributed by atoms with Crippen LogP contribution in [0.2, 0.25) is 0 Å². The van der Waals surface area contributed by atoms with Gasteiger partial charge in [-0.15, -0.1) is 0 Å². The van der Waals surface area contributed by atoms with Gasteiger partial charge in [-0.25, -0.2) is 24.3 Å². The minimum Gasteiger partial charge on any atom is -0.381 e. The van der Waals surface area contributed by atoms with Gasteiger partial charge in [-0.3, -0.25) is 0 Å². The molecule has 0 atom stereocenters. The van der Waals surface area contributed by atoms with Crippen LogP contribution < -0.4 is 20.3 Å². The second-order valence-corrected chi connectivity index (χ2v) is 7.72. The van der Waals surface area contributed by atoms with E-state index >= 15 is 0 Å². The molecule has 3 aromatic heterocycles. The standard InChI is InChI=1S/C20H20N8O3S/c1-21-19(29)31-20-26-15(11-32-20)16-10-22-17(18-23-12-24-28(16)18)25-13-2-4-14(5-3-13)27-6-8-30-9-7-27/h2-5,10-12H,6-9H2,1H3,(H,21,29)(H,22,25). The van der Waals surface area contributed by atoms with E-state index in [1.165, 1.54) is 24.7 Å². The first-order valence-corrected chi connectivity index (χ1v) is 10.8. The van der Waals surface area contributed by atoms with E-state index in [0.29, 0.717) is 22.9 Å². The van der Waals surface area contributed by atoms with Gasteiger partial charge in [0.15, 0.2) is 11.5 Å². The normalized spacial score (nSPS) is 13.8. The largest absolute Gasteiger partial charge is 0.414 e. The molecule has 12 heteroatoms. The minimum absolute atomic E-state index is 0.232. The molecule has 32 heavy (non-hydrogen) atoms. The quantitative estimate of drug-likeness (QED) is 0.471. The number of carbonyl (C=O) groups excluding carboxylic acids is 1. The Morgan fingerprint density at radius 3 is 2.78 bits per heavy atom. The van der Waals surface area contributed by atoms with E-state index in [9.17, 15) is 4.79 Å². The Balaban J connectivity index is 1.37. The van der Waals surface area contributed by atoms with Gasteiger partial charge in [0.2, 0.25) is 0 Å². The molecule has 1 aliphatic heterocycles. The fourth-order valence-electron chi connectivity index (χ4n) is 3.35. The number of nitrogens with one attached hydrogen (secondary N) is 2. The molecule has 0 unspecified atom stereocenters. The van der Waals surface area contributed by atoms with Crippen LogP contribution in [0.15, 0.2) is 42.2 Å². The molecule has 1 fully saturated rings. The Morgan fingerprint density at radius 2 is 2.00 bits per heavy atom. The number of benzene rings is 1. The first-order valence-electron chi connectivity index (χ1n) is 9.95. The number of thiazole rings is 1. The number of ether oxygens (including phenoxy) is 2. The summed E-state index contributed by atoms with van der Waals surface area (Å²) in [5.74, 6) is 0.572. The summed E-state index contributed by atoms with van der Waals surface area (Å²) >= 11 is 1.21. The number of anilines is 3. The highest BCUT2D eigenvalue weighted by Crippen LogP contribution is 2.29. The fraction of sp³-hybridized carbons (Fsp3) is 0.250. The van der Waals surface area contributed by atoms with Gasteiger partial charge in [0.1, 0.15) is 17.7 Å². The van der Waals surface area contributed by atoms with Crippen LogP contribution in [-0.4, -0.2) is 64.0 Å². The average molecular weight is 453 g/mol. The molecule has 5 rings (SSSR count). The van der Waals surface area contributed by atoms with Gasteiger partial charge in [0.25, 0.3) is 5.19 Å². The SMILES string of the molecule is CNC(=O)Oc1nc(-c2cnc(Nc3ccc(N4CCOCC4)cc3)c3ncnn23)cs1. The van der Waals surface area contributed by atoms with E-state index in [4.69, 9.17) is 9.47 Å². The van der Waals surface area contributed by atoms with Crippen molar-refractivity contribution in [1.29, 1.82) is 0 Å². The van der Waals surface area contributed by atoms with Gasteiger partial charge >= 0.3 is 6.09 Å². The monoisotopic (exact) mass is 452 g/mol. The van der Waals surface area contributed by atoms with Crippen molar-refractivity contribution in [2.24, 2.45) is 0 Å². The molecule has 1 amide bonds. The third kappa shape index (κ3) is 4.05. The van der Waals surface area contributed by atoms with Crippen molar-refractivity contribution in [3.8, 4) is 16.6 Å². The average Bonchev–Trinajstić information content (AvgIpc) is 3.51. The molecule has 0 radical (unpaired) electrons. The maximum absolute atomic E-state index is 11.4. The number of hydrogen-bond donors (Lipinski definition) is 2. The first-order chi connectivity index (χ1) is 15.7. The summed E-state index contributed by atoms with van der Waals surface area (Å²) in [7, 11) is 1.49. The van der Waals surface area contributed by atoms with Crippen molar-refractivity contribution in [1.82, 2.24) is 29.9 Å². The lowest BCUT2D eigenvalue weighted by atomic mass is 10.2. The molecule has 4 heterocycles. The summed E-state index contributed by atoms with van der Waals surface area (Å²) in [5, 5.41) is 12.0. The Hall–Kier alpha value is -3.77. The van der Waals surface area contributed by atoms with Gasteiger partial charge in [-0.2, -0.15) is 5.10 Å². The molecule has 0 spiro atoms. The molecule has 1 aliphatic rings. The van der Waals surface area contributed by atoms with E-state index in [-0.39, 0.29) is 5.19 Å². The maximum atomic E-state index is 11.4. The summed E-state index contributed by atoms with van der Waals surface area (Å²) in [5.41, 5.74) is 3.82. The number of nitrogens with zero attached hydrogens (tertiary/aromatic N) is 6. The van der Waals surface area contributed by atoms with Crippen molar-refractivity contribution in [3.05, 3.63) is 42.2 Å². The van der Waals surface area contributed by atoms with Crippen molar-refractivity contribution in [2.75, 3.05) is 43.6 Å². The fourth-order valence-corrected chi connectivity index (χ4v) is 4.01. The Bertz CT molecular complexity index is 1230. The van der Waals surface area contributed by atoms with Crippen molar-refractivity contribution in [2.45, 2.75) is 0 Å². The molecular weight excluding hydrogens is 432 g/mol. The van der Waals surface area contributed by atoms with Gasteiger partial charge in [0, 0.05) is 36.9 Å². The van der Waals surface area contributed by atoms with Crippen LogP contribution in [0.5, 0.6) is 5.19 Å². The van der Waals surface area contributed by atoms with Crippen molar-refractivity contribution in [3.63, 3.8) is 0 Å². The highest BCUT2D eigenvalue weighted by molar-refractivity contribution is 7.11. The van der Waals surface area contributed by atoms with Crippen LogP contribution in [0, 0.1) is 0 Å². The van der Waals surface area contributed by atoms with E-state index in [1.807, 2.05) is 12.1 Å². The Kier molecular flexibility index (Phi) is 5.52. The van der Waals surface area contributed by atoms with Crippen LogP contribution >= 0.6 is 11.3 Å². The second kappa shape index (κ2) is 8.77. The first kappa shape index (κ1) is 20.2. The Morgan fingerprint density at radius 1 is 1.19 bits per heavy atom. The zero-order chi connectivity index (χ0) is 21.9.